The van der Waals surface area contributed by atoms with Gasteiger partial charge in [-0.1, -0.05) is 18.2 Å². The molecule has 0 aromatic heterocycles. The summed E-state index contributed by atoms with van der Waals surface area (Å²) in [7, 11) is 1.71. The van der Waals surface area contributed by atoms with Gasteiger partial charge in [-0.15, -0.1) is 13.2 Å². The highest BCUT2D eigenvalue weighted by atomic mass is 19.4. The lowest BCUT2D eigenvalue weighted by molar-refractivity contribution is -0.274. The number of nitrogens with zero attached hydrogens (tertiary/aromatic N) is 1. The first-order valence-corrected chi connectivity index (χ1v) is 8.87. The van der Waals surface area contributed by atoms with E-state index in [1.807, 2.05) is 6.92 Å². The molecular weight excluding hydrogens is 387 g/mol. The van der Waals surface area contributed by atoms with Crippen LogP contribution in [-0.4, -0.2) is 43.2 Å². The molecule has 0 spiro atoms. The standard InChI is InChI=1S/C20H22F3N3O3/c1-3-24-19(28)15-5-4-6-16(11-15)25-18(27)13-26(2)12-14-7-9-17(10-8-14)29-20(21,22)23/h4-11H,3,12-13H2,1-2H3,(H,24,28)(H,25,27). The number of carbonyl (C=O) groups is 2. The van der Waals surface area contributed by atoms with Crippen molar-refractivity contribution in [1.29, 1.82) is 0 Å². The van der Waals surface area contributed by atoms with Gasteiger partial charge in [-0.3, -0.25) is 14.5 Å². The minimum atomic E-state index is -4.73. The number of ether oxygens (including phenoxy) is 1. The van der Waals surface area contributed by atoms with Gasteiger partial charge in [0.25, 0.3) is 5.91 Å². The van der Waals surface area contributed by atoms with E-state index in [0.717, 1.165) is 5.56 Å². The van der Waals surface area contributed by atoms with E-state index in [1.165, 1.54) is 24.3 Å². The third-order valence-electron chi connectivity index (χ3n) is 3.77. The van der Waals surface area contributed by atoms with Crippen molar-refractivity contribution in [1.82, 2.24) is 10.2 Å². The summed E-state index contributed by atoms with van der Waals surface area (Å²) in [6.45, 7) is 2.74. The summed E-state index contributed by atoms with van der Waals surface area (Å²) in [6, 6.07) is 12.1. The third kappa shape index (κ3) is 7.82. The van der Waals surface area contributed by atoms with Gasteiger partial charge < -0.3 is 15.4 Å². The molecule has 0 aliphatic rings. The maximum atomic E-state index is 12.2. The van der Waals surface area contributed by atoms with Crippen molar-refractivity contribution in [3.05, 3.63) is 59.7 Å². The first-order chi connectivity index (χ1) is 13.7. The normalized spacial score (nSPS) is 11.2. The van der Waals surface area contributed by atoms with Crippen LogP contribution in [0.2, 0.25) is 0 Å². The molecule has 0 saturated heterocycles. The van der Waals surface area contributed by atoms with E-state index in [1.54, 1.807) is 36.2 Å². The van der Waals surface area contributed by atoms with Crippen LogP contribution in [0.15, 0.2) is 48.5 Å². The van der Waals surface area contributed by atoms with Crippen LogP contribution in [0, 0.1) is 0 Å². The smallest absolute Gasteiger partial charge is 0.406 e. The van der Waals surface area contributed by atoms with Crippen LogP contribution in [0.25, 0.3) is 0 Å². The SMILES string of the molecule is CCNC(=O)c1cccc(NC(=O)CN(C)Cc2ccc(OC(F)(F)F)cc2)c1. The minimum Gasteiger partial charge on any atom is -0.406 e. The Morgan fingerprint density at radius 2 is 1.79 bits per heavy atom. The van der Waals surface area contributed by atoms with Gasteiger partial charge >= 0.3 is 6.36 Å². The molecule has 2 aromatic rings. The lowest BCUT2D eigenvalue weighted by atomic mass is 10.2. The maximum Gasteiger partial charge on any atom is 0.573 e. The van der Waals surface area contributed by atoms with Crippen molar-refractivity contribution in [2.75, 3.05) is 25.5 Å². The Balaban J connectivity index is 1.88. The van der Waals surface area contributed by atoms with E-state index in [-0.39, 0.29) is 24.1 Å². The number of likely N-dealkylation sites (N-methyl/N-ethyl adjacent to an activating group) is 1. The molecule has 0 aliphatic carbocycles. The van der Waals surface area contributed by atoms with Crippen LogP contribution in [0.3, 0.4) is 0 Å². The zero-order chi connectivity index (χ0) is 21.4. The first-order valence-electron chi connectivity index (χ1n) is 8.87. The van der Waals surface area contributed by atoms with Crippen molar-refractivity contribution in [2.24, 2.45) is 0 Å². The Hall–Kier alpha value is -3.07. The van der Waals surface area contributed by atoms with Crippen molar-refractivity contribution in [3.8, 4) is 5.75 Å². The Labute approximate surface area is 166 Å². The third-order valence-corrected chi connectivity index (χ3v) is 3.77. The molecule has 0 unspecified atom stereocenters. The number of hydrogen-bond donors (Lipinski definition) is 2. The van der Waals surface area contributed by atoms with E-state index >= 15 is 0 Å². The molecule has 0 heterocycles. The van der Waals surface area contributed by atoms with E-state index in [2.05, 4.69) is 15.4 Å². The van der Waals surface area contributed by atoms with Gasteiger partial charge in [-0.2, -0.15) is 0 Å². The van der Waals surface area contributed by atoms with Gasteiger partial charge in [0.2, 0.25) is 5.91 Å². The fourth-order valence-electron chi connectivity index (χ4n) is 2.61. The van der Waals surface area contributed by atoms with Crippen molar-refractivity contribution < 1.29 is 27.5 Å². The molecule has 0 fully saturated rings. The average Bonchev–Trinajstić information content (AvgIpc) is 2.62. The Kier molecular flexibility index (Phi) is 7.60. The molecule has 6 nitrogen and oxygen atoms in total. The zero-order valence-electron chi connectivity index (χ0n) is 16.0. The summed E-state index contributed by atoms with van der Waals surface area (Å²) in [5.41, 5.74) is 1.67. The van der Waals surface area contributed by atoms with E-state index in [9.17, 15) is 22.8 Å². The summed E-state index contributed by atoms with van der Waals surface area (Å²) in [4.78, 5) is 25.8. The van der Waals surface area contributed by atoms with Crippen LogP contribution in [0.4, 0.5) is 18.9 Å². The maximum absolute atomic E-state index is 12.2. The van der Waals surface area contributed by atoms with Crippen LogP contribution in [0.1, 0.15) is 22.8 Å². The van der Waals surface area contributed by atoms with Gasteiger partial charge in [-0.05, 0) is 49.9 Å². The monoisotopic (exact) mass is 409 g/mol. The zero-order valence-corrected chi connectivity index (χ0v) is 16.0. The number of benzene rings is 2. The number of amides is 2. The second kappa shape index (κ2) is 9.92. The van der Waals surface area contributed by atoms with Gasteiger partial charge in [0, 0.05) is 24.3 Å². The quantitative estimate of drug-likeness (QED) is 0.701. The number of alkyl halides is 3. The molecule has 2 aromatic carbocycles. The number of nitrogens with one attached hydrogen (secondary N) is 2. The van der Waals surface area contributed by atoms with Crippen LogP contribution in [-0.2, 0) is 11.3 Å². The van der Waals surface area contributed by atoms with Gasteiger partial charge in [0.15, 0.2) is 0 Å². The average molecular weight is 409 g/mol. The number of anilines is 1. The number of rotatable bonds is 8. The van der Waals surface area contributed by atoms with Crippen molar-refractivity contribution in [3.63, 3.8) is 0 Å². The summed E-state index contributed by atoms with van der Waals surface area (Å²) in [5.74, 6) is -0.801. The van der Waals surface area contributed by atoms with E-state index in [4.69, 9.17) is 0 Å². The second-order valence-electron chi connectivity index (χ2n) is 6.35. The molecule has 9 heteroatoms. The lowest BCUT2D eigenvalue weighted by Crippen LogP contribution is -2.30. The van der Waals surface area contributed by atoms with E-state index < -0.39 is 6.36 Å². The molecule has 0 saturated carbocycles. The topological polar surface area (TPSA) is 70.7 Å². The van der Waals surface area contributed by atoms with Crippen LogP contribution >= 0.6 is 0 Å². The predicted octanol–water partition coefficient (Wildman–Crippen LogP) is 3.41. The Morgan fingerprint density at radius 1 is 1.10 bits per heavy atom. The van der Waals surface area contributed by atoms with Gasteiger partial charge in [0.1, 0.15) is 5.75 Å². The predicted molar refractivity (Wildman–Crippen MR) is 103 cm³/mol. The molecule has 0 radical (unpaired) electrons. The fourth-order valence-corrected chi connectivity index (χ4v) is 2.61. The number of hydrogen-bond acceptors (Lipinski definition) is 4. The first kappa shape index (κ1) is 22.2. The molecule has 2 rings (SSSR count). The van der Waals surface area contributed by atoms with Crippen LogP contribution in [0.5, 0.6) is 5.75 Å². The molecule has 0 bridgehead atoms. The van der Waals surface area contributed by atoms with Crippen LogP contribution < -0.4 is 15.4 Å². The highest BCUT2D eigenvalue weighted by molar-refractivity contribution is 5.97. The number of carbonyl (C=O) groups excluding carboxylic acids is 2. The number of halogens is 3. The summed E-state index contributed by atoms with van der Waals surface area (Å²) >= 11 is 0. The molecular formula is C20H22F3N3O3. The summed E-state index contributed by atoms with van der Waals surface area (Å²) < 4.78 is 40.4. The summed E-state index contributed by atoms with van der Waals surface area (Å²) in [6.07, 6.45) is -4.73. The molecule has 2 N–H and O–H groups in total. The van der Waals surface area contributed by atoms with E-state index in [0.29, 0.717) is 24.3 Å². The molecule has 29 heavy (non-hydrogen) atoms. The molecule has 2 amide bonds. The highest BCUT2D eigenvalue weighted by Crippen LogP contribution is 2.23. The fraction of sp³-hybridized carbons (Fsp3) is 0.300. The molecule has 0 aliphatic heterocycles. The molecule has 156 valence electrons. The summed E-state index contributed by atoms with van der Waals surface area (Å²) in [5, 5.41) is 5.41. The van der Waals surface area contributed by atoms with Crippen molar-refractivity contribution in [2.45, 2.75) is 19.8 Å². The molecule has 0 atom stereocenters. The highest BCUT2D eigenvalue weighted by Gasteiger charge is 2.30. The Morgan fingerprint density at radius 3 is 2.41 bits per heavy atom. The van der Waals surface area contributed by atoms with Gasteiger partial charge in [-0.25, -0.2) is 0 Å². The second-order valence-corrected chi connectivity index (χ2v) is 6.35. The minimum absolute atomic E-state index is 0.0617. The lowest BCUT2D eigenvalue weighted by Gasteiger charge is -2.17. The Bertz CT molecular complexity index is 839. The van der Waals surface area contributed by atoms with Gasteiger partial charge in [0.05, 0.1) is 6.54 Å². The largest absolute Gasteiger partial charge is 0.573 e. The van der Waals surface area contributed by atoms with Crippen molar-refractivity contribution >= 4 is 17.5 Å².